The van der Waals surface area contributed by atoms with E-state index < -0.39 is 47.7 Å². The number of rotatable bonds is 6. The molecule has 0 N–H and O–H groups in total. The van der Waals surface area contributed by atoms with Gasteiger partial charge in [0.25, 0.3) is 0 Å². The largest absolute Gasteiger partial charge is 0.483 e. The molecule has 0 bridgehead atoms. The molecular formula is C20H19F5O3. The van der Waals surface area contributed by atoms with Gasteiger partial charge in [-0.05, 0) is 36.2 Å². The molecule has 1 aliphatic rings. The summed E-state index contributed by atoms with van der Waals surface area (Å²) in [5.41, 5.74) is 0.0522. The number of benzene rings is 2. The Bertz CT molecular complexity index is 789. The fraction of sp³-hybridized carbons (Fsp3) is 0.400. The van der Waals surface area contributed by atoms with Crippen molar-refractivity contribution in [1.82, 2.24) is 0 Å². The van der Waals surface area contributed by atoms with Crippen molar-refractivity contribution in [3.8, 4) is 5.75 Å². The molecule has 0 radical (unpaired) electrons. The topological polar surface area (TPSA) is 27.7 Å². The van der Waals surface area contributed by atoms with Crippen LogP contribution in [-0.2, 0) is 16.1 Å². The van der Waals surface area contributed by atoms with Crippen LogP contribution >= 0.6 is 0 Å². The minimum atomic E-state index is -1.63. The number of ether oxygens (including phenoxy) is 3. The van der Waals surface area contributed by atoms with Crippen LogP contribution in [0.5, 0.6) is 5.75 Å². The zero-order valence-electron chi connectivity index (χ0n) is 15.1. The third-order valence-corrected chi connectivity index (χ3v) is 4.38. The van der Waals surface area contributed by atoms with Crippen LogP contribution in [0.25, 0.3) is 0 Å². The van der Waals surface area contributed by atoms with E-state index in [2.05, 4.69) is 0 Å². The van der Waals surface area contributed by atoms with Crippen molar-refractivity contribution in [2.45, 2.75) is 32.7 Å². The Balaban J connectivity index is 1.69. The summed E-state index contributed by atoms with van der Waals surface area (Å²) < 4.78 is 84.1. The van der Waals surface area contributed by atoms with E-state index in [1.165, 1.54) is 0 Å². The molecule has 1 heterocycles. The molecule has 3 nitrogen and oxygen atoms in total. The number of hydrogen-bond donors (Lipinski definition) is 0. The van der Waals surface area contributed by atoms with Crippen LogP contribution in [0, 0.1) is 35.0 Å². The highest BCUT2D eigenvalue weighted by atomic mass is 19.2. The van der Waals surface area contributed by atoms with E-state index in [1.54, 1.807) is 0 Å². The standard InChI is InChI=1S/C20H19F5O3/c1-2-3-11-8-27-20(28-9-11)13-6-16(23)19(17(24)7-13)26-10-12-4-14(21)18(25)15(22)5-12/h4-7,11,20H,2-3,8-10H2,1H3. The molecule has 0 spiro atoms. The molecule has 28 heavy (non-hydrogen) atoms. The fourth-order valence-corrected chi connectivity index (χ4v) is 3.01. The zero-order valence-corrected chi connectivity index (χ0v) is 15.1. The van der Waals surface area contributed by atoms with E-state index in [4.69, 9.17) is 14.2 Å². The lowest BCUT2D eigenvalue weighted by atomic mass is 10.1. The van der Waals surface area contributed by atoms with E-state index in [0.29, 0.717) is 25.3 Å². The fourth-order valence-electron chi connectivity index (χ4n) is 3.01. The predicted molar refractivity (Wildman–Crippen MR) is 90.0 cm³/mol. The Morgan fingerprint density at radius 2 is 1.46 bits per heavy atom. The highest BCUT2D eigenvalue weighted by Crippen LogP contribution is 2.32. The molecule has 2 aromatic rings. The first-order valence-corrected chi connectivity index (χ1v) is 8.87. The highest BCUT2D eigenvalue weighted by molar-refractivity contribution is 5.32. The second-order valence-electron chi connectivity index (χ2n) is 6.63. The molecule has 0 atom stereocenters. The monoisotopic (exact) mass is 402 g/mol. The molecule has 8 heteroatoms. The first-order chi connectivity index (χ1) is 13.4. The average Bonchev–Trinajstić information content (AvgIpc) is 2.66. The van der Waals surface area contributed by atoms with Gasteiger partial charge in [-0.3, -0.25) is 0 Å². The zero-order chi connectivity index (χ0) is 20.3. The molecule has 0 unspecified atom stereocenters. The van der Waals surface area contributed by atoms with Gasteiger partial charge in [0.15, 0.2) is 41.1 Å². The summed E-state index contributed by atoms with van der Waals surface area (Å²) in [4.78, 5) is 0. The molecule has 0 aliphatic carbocycles. The first-order valence-electron chi connectivity index (χ1n) is 8.87. The van der Waals surface area contributed by atoms with E-state index in [-0.39, 0.29) is 17.0 Å². The van der Waals surface area contributed by atoms with Gasteiger partial charge >= 0.3 is 0 Å². The molecule has 0 amide bonds. The summed E-state index contributed by atoms with van der Waals surface area (Å²) >= 11 is 0. The van der Waals surface area contributed by atoms with Crippen molar-refractivity contribution in [1.29, 1.82) is 0 Å². The van der Waals surface area contributed by atoms with Crippen LogP contribution in [0.2, 0.25) is 0 Å². The maximum absolute atomic E-state index is 14.3. The number of halogens is 5. The van der Waals surface area contributed by atoms with Crippen LogP contribution < -0.4 is 4.74 Å². The molecule has 3 rings (SSSR count). The van der Waals surface area contributed by atoms with Gasteiger partial charge in [-0.25, -0.2) is 22.0 Å². The summed E-state index contributed by atoms with van der Waals surface area (Å²) in [5.74, 6) is -6.95. The molecule has 0 aromatic heterocycles. The van der Waals surface area contributed by atoms with Gasteiger partial charge in [0.05, 0.1) is 13.2 Å². The Labute approximate surface area is 159 Å². The third kappa shape index (κ3) is 4.62. The molecule has 1 saturated heterocycles. The normalized spacial score (nSPS) is 19.6. The summed E-state index contributed by atoms with van der Waals surface area (Å²) in [6, 6.07) is 3.43. The van der Waals surface area contributed by atoms with Gasteiger partial charge in [0, 0.05) is 11.5 Å². The molecule has 1 aliphatic heterocycles. The Hall–Kier alpha value is -2.19. The summed E-state index contributed by atoms with van der Waals surface area (Å²) in [6.07, 6.45) is 1.04. The van der Waals surface area contributed by atoms with E-state index in [1.807, 2.05) is 6.92 Å². The third-order valence-electron chi connectivity index (χ3n) is 4.38. The van der Waals surface area contributed by atoms with Gasteiger partial charge in [-0.1, -0.05) is 13.3 Å². The quantitative estimate of drug-likeness (QED) is 0.477. The van der Waals surface area contributed by atoms with Crippen molar-refractivity contribution >= 4 is 0 Å². The maximum Gasteiger partial charge on any atom is 0.194 e. The van der Waals surface area contributed by atoms with Crippen molar-refractivity contribution < 1.29 is 36.2 Å². The van der Waals surface area contributed by atoms with E-state index in [9.17, 15) is 22.0 Å². The van der Waals surface area contributed by atoms with Crippen LogP contribution in [0.4, 0.5) is 22.0 Å². The molecule has 2 aromatic carbocycles. The first kappa shape index (κ1) is 20.5. The summed E-state index contributed by atoms with van der Waals surface area (Å²) in [5, 5.41) is 0. The van der Waals surface area contributed by atoms with Gasteiger partial charge in [0.2, 0.25) is 0 Å². The lowest BCUT2D eigenvalue weighted by Gasteiger charge is -2.29. The van der Waals surface area contributed by atoms with Crippen LogP contribution in [0.1, 0.15) is 37.2 Å². The lowest BCUT2D eigenvalue weighted by molar-refractivity contribution is -0.206. The maximum atomic E-state index is 14.3. The van der Waals surface area contributed by atoms with Crippen LogP contribution in [0.15, 0.2) is 24.3 Å². The Morgan fingerprint density at radius 3 is 2.00 bits per heavy atom. The van der Waals surface area contributed by atoms with E-state index >= 15 is 0 Å². The highest BCUT2D eigenvalue weighted by Gasteiger charge is 2.25. The Morgan fingerprint density at radius 1 is 0.893 bits per heavy atom. The molecule has 0 saturated carbocycles. The van der Waals surface area contributed by atoms with Crippen LogP contribution in [-0.4, -0.2) is 13.2 Å². The summed E-state index contributed by atoms with van der Waals surface area (Å²) in [6.45, 7) is 2.37. The molecule has 152 valence electrons. The van der Waals surface area contributed by atoms with Crippen LogP contribution in [0.3, 0.4) is 0 Å². The lowest BCUT2D eigenvalue weighted by Crippen LogP contribution is -2.27. The van der Waals surface area contributed by atoms with Crippen molar-refractivity contribution in [3.05, 3.63) is 64.5 Å². The smallest absolute Gasteiger partial charge is 0.194 e. The van der Waals surface area contributed by atoms with Crippen molar-refractivity contribution in [3.63, 3.8) is 0 Å². The Kier molecular flexibility index (Phi) is 6.51. The number of hydrogen-bond acceptors (Lipinski definition) is 3. The molecular weight excluding hydrogens is 383 g/mol. The van der Waals surface area contributed by atoms with Gasteiger partial charge in [-0.15, -0.1) is 0 Å². The van der Waals surface area contributed by atoms with Gasteiger partial charge < -0.3 is 14.2 Å². The van der Waals surface area contributed by atoms with Gasteiger partial charge in [0.1, 0.15) is 6.61 Å². The van der Waals surface area contributed by atoms with E-state index in [0.717, 1.165) is 25.0 Å². The minimum Gasteiger partial charge on any atom is -0.483 e. The minimum absolute atomic E-state index is 0.111. The SMILES string of the molecule is CCCC1COC(c2cc(F)c(OCc3cc(F)c(F)c(F)c3)c(F)c2)OC1. The van der Waals surface area contributed by atoms with Crippen molar-refractivity contribution in [2.75, 3.05) is 13.2 Å². The second kappa shape index (κ2) is 8.87. The second-order valence-corrected chi connectivity index (χ2v) is 6.63. The van der Waals surface area contributed by atoms with Gasteiger partial charge in [-0.2, -0.15) is 0 Å². The average molecular weight is 402 g/mol. The van der Waals surface area contributed by atoms with Crippen molar-refractivity contribution in [2.24, 2.45) is 5.92 Å². The summed E-state index contributed by atoms with van der Waals surface area (Å²) in [7, 11) is 0. The predicted octanol–water partition coefficient (Wildman–Crippen LogP) is 5.42. The molecule has 1 fully saturated rings.